The van der Waals surface area contributed by atoms with E-state index >= 15 is 0 Å². The second-order valence-electron chi connectivity index (χ2n) is 13.3. The maximum Gasteiger partial charge on any atom is 0.472 e. The van der Waals surface area contributed by atoms with Crippen molar-refractivity contribution in [3.8, 4) is 0 Å². The molecular formula is C29H38N6O20P2. The minimum absolute atomic E-state index is 0.0747. The van der Waals surface area contributed by atoms with Crippen LogP contribution in [-0.2, 0) is 41.4 Å². The lowest BCUT2D eigenvalue weighted by molar-refractivity contribution is -0.0620. The number of nitrogens with zero attached hydrogens (tertiary/aromatic N) is 3. The van der Waals surface area contributed by atoms with Gasteiger partial charge in [0.2, 0.25) is 0 Å². The number of rotatable bonds is 14. The molecule has 3 aromatic rings. The van der Waals surface area contributed by atoms with Gasteiger partial charge in [0.15, 0.2) is 6.23 Å². The standard InChI is InChI=1S/C29H38N6O20P2/c1-12-7-34(28(43)31-24(12)40)20-5-14(37)17(51-20)10-49-56(45,46)54-15-6-21(35-8-13(2)25(41)32-29(35)44)52-18(15)11-50-57(47,48)55-23-16(9-36)53-26(22(23)39)33-4-3-19(38)30-27(33)42/h3-4,7-8,14-18,20-23,26,36-37,39H,5-6,9-11H2,1-2H3,(H,45,46)(H,47,48)(H,30,38,42)(H,31,40,43)(H,32,41,44)/t14-,15-,16+,17+,18+,20+,21+,22+,23+,26+/m0/s1. The van der Waals surface area contributed by atoms with Crippen LogP contribution in [0.1, 0.15) is 42.7 Å². The van der Waals surface area contributed by atoms with Crippen LogP contribution < -0.4 is 33.7 Å². The average Bonchev–Trinajstić information content (AvgIpc) is 3.80. The van der Waals surface area contributed by atoms with E-state index in [1.807, 2.05) is 4.98 Å². The highest BCUT2D eigenvalue weighted by Gasteiger charge is 2.50. The Morgan fingerprint density at radius 2 is 1.26 bits per heavy atom. The molecular weight excluding hydrogens is 814 g/mol. The lowest BCUT2D eigenvalue weighted by atomic mass is 10.1. The molecule has 0 aliphatic carbocycles. The first-order valence-corrected chi connectivity index (χ1v) is 20.0. The third-order valence-electron chi connectivity index (χ3n) is 9.24. The largest absolute Gasteiger partial charge is 0.472 e. The SMILES string of the molecule is Cc1cn([C@H]2C[C@H](OP(=O)(O)OC[C@H]3O[C@@H](n4cc(C)c(=O)[nH]c4=O)C[C@@H]3O)[C@@H](COP(=O)(O)O[C@H]3[C@@H](O)[C@H](n4ccc(=O)[nH]c4=O)O[C@@H]3CO)O2)c(=O)[nH]c1=O. The molecule has 0 radical (unpaired) electrons. The van der Waals surface area contributed by atoms with E-state index in [1.54, 1.807) is 0 Å². The summed E-state index contributed by atoms with van der Waals surface area (Å²) in [5.74, 6) is 0. The summed E-state index contributed by atoms with van der Waals surface area (Å²) in [6, 6.07) is 0.939. The van der Waals surface area contributed by atoms with E-state index in [0.29, 0.717) is 0 Å². The second kappa shape index (κ2) is 16.7. The lowest BCUT2D eigenvalue weighted by Gasteiger charge is -2.25. The Balaban J connectivity index is 1.15. The number of hydrogen-bond acceptors (Lipinski definition) is 18. The molecule has 3 aliphatic heterocycles. The molecule has 0 bridgehead atoms. The van der Waals surface area contributed by atoms with Crippen LogP contribution in [0.3, 0.4) is 0 Å². The summed E-state index contributed by atoms with van der Waals surface area (Å²) in [4.78, 5) is 99.9. The van der Waals surface area contributed by atoms with Gasteiger partial charge < -0.3 is 39.3 Å². The van der Waals surface area contributed by atoms with Crippen LogP contribution in [0.4, 0.5) is 0 Å². The average molecular weight is 853 g/mol. The number of H-pyrrole nitrogens is 3. The fourth-order valence-electron chi connectivity index (χ4n) is 6.34. The fourth-order valence-corrected chi connectivity index (χ4v) is 8.27. The van der Waals surface area contributed by atoms with E-state index in [1.165, 1.54) is 20.0 Å². The molecule has 2 unspecified atom stereocenters. The van der Waals surface area contributed by atoms with Crippen LogP contribution in [0.25, 0.3) is 0 Å². The van der Waals surface area contributed by atoms with Crippen LogP contribution in [0.15, 0.2) is 53.4 Å². The molecule has 3 aromatic heterocycles. The zero-order valence-electron chi connectivity index (χ0n) is 29.7. The first kappa shape index (κ1) is 42.6. The second-order valence-corrected chi connectivity index (χ2v) is 16.1. The van der Waals surface area contributed by atoms with Crippen molar-refractivity contribution in [1.82, 2.24) is 28.7 Å². The molecule has 6 rings (SSSR count). The first-order chi connectivity index (χ1) is 26.8. The number of aliphatic hydroxyl groups excluding tert-OH is 3. The van der Waals surface area contributed by atoms with Crippen LogP contribution in [0.2, 0.25) is 0 Å². The number of aromatic amines is 3. The normalized spacial score (nSPS) is 31.0. The molecule has 26 nitrogen and oxygen atoms in total. The number of phosphoric ester groups is 2. The van der Waals surface area contributed by atoms with E-state index in [0.717, 1.165) is 32.2 Å². The Morgan fingerprint density at radius 3 is 1.84 bits per heavy atom. The number of aliphatic hydroxyl groups is 3. The van der Waals surface area contributed by atoms with Crippen molar-refractivity contribution >= 4 is 15.6 Å². The summed E-state index contributed by atoms with van der Waals surface area (Å²) >= 11 is 0. The van der Waals surface area contributed by atoms with Gasteiger partial charge in [-0.15, -0.1) is 0 Å². The van der Waals surface area contributed by atoms with Crippen LogP contribution >= 0.6 is 15.6 Å². The molecule has 314 valence electrons. The molecule has 28 heteroatoms. The molecule has 0 aromatic carbocycles. The van der Waals surface area contributed by atoms with Crippen molar-refractivity contribution in [2.45, 2.75) is 88.1 Å². The predicted octanol–water partition coefficient (Wildman–Crippen LogP) is -3.56. The van der Waals surface area contributed by atoms with Crippen molar-refractivity contribution in [2.24, 2.45) is 0 Å². The number of aryl methyl sites for hydroxylation is 2. The summed E-state index contributed by atoms with van der Waals surface area (Å²) in [6.07, 6.45) is -12.1. The zero-order valence-corrected chi connectivity index (χ0v) is 31.5. The first-order valence-electron chi connectivity index (χ1n) is 17.0. The van der Waals surface area contributed by atoms with Gasteiger partial charge in [0.1, 0.15) is 49.1 Å². The van der Waals surface area contributed by atoms with Crippen molar-refractivity contribution in [3.63, 3.8) is 0 Å². The van der Waals surface area contributed by atoms with Crippen molar-refractivity contribution in [3.05, 3.63) is 98.3 Å². The van der Waals surface area contributed by atoms with Crippen LogP contribution in [-0.4, -0.2) is 116 Å². The molecule has 12 atom stereocenters. The molecule has 6 heterocycles. The summed E-state index contributed by atoms with van der Waals surface area (Å²) in [7, 11) is -10.4. The number of nitrogens with one attached hydrogen (secondary N) is 3. The van der Waals surface area contributed by atoms with Crippen molar-refractivity contribution < 1.29 is 66.5 Å². The molecule has 0 spiro atoms. The number of phosphoric acid groups is 2. The molecule has 0 amide bonds. The van der Waals surface area contributed by atoms with E-state index < -0.39 is 137 Å². The molecule has 3 aliphatic rings. The predicted molar refractivity (Wildman–Crippen MR) is 185 cm³/mol. The highest BCUT2D eigenvalue weighted by molar-refractivity contribution is 7.47. The van der Waals surface area contributed by atoms with Gasteiger partial charge in [-0.1, -0.05) is 0 Å². The highest BCUT2D eigenvalue weighted by Crippen LogP contribution is 2.51. The third kappa shape index (κ3) is 9.50. The van der Waals surface area contributed by atoms with Crippen molar-refractivity contribution in [1.29, 1.82) is 0 Å². The maximum atomic E-state index is 13.2. The van der Waals surface area contributed by atoms with Gasteiger partial charge in [-0.2, -0.15) is 0 Å². The Labute approximate surface area is 317 Å². The van der Waals surface area contributed by atoms with Gasteiger partial charge in [0.25, 0.3) is 16.7 Å². The Hall–Kier alpha value is -3.98. The van der Waals surface area contributed by atoms with Gasteiger partial charge in [0, 0.05) is 48.6 Å². The van der Waals surface area contributed by atoms with Crippen LogP contribution in [0, 0.1) is 13.8 Å². The third-order valence-corrected chi connectivity index (χ3v) is 11.2. The summed E-state index contributed by atoms with van der Waals surface area (Å²) in [6.45, 7) is 0.221. The molecule has 3 fully saturated rings. The molecule has 0 saturated carbocycles. The van der Waals surface area contributed by atoms with Gasteiger partial charge in [-0.05, 0) is 13.8 Å². The smallest absolute Gasteiger partial charge is 0.394 e. The fraction of sp³-hybridized carbons (Fsp3) is 0.586. The van der Waals surface area contributed by atoms with Crippen LogP contribution in [0.5, 0.6) is 0 Å². The summed E-state index contributed by atoms with van der Waals surface area (Å²) in [5, 5.41) is 31.2. The Morgan fingerprint density at radius 1 is 0.737 bits per heavy atom. The van der Waals surface area contributed by atoms with Gasteiger partial charge in [-0.3, -0.25) is 61.1 Å². The monoisotopic (exact) mass is 852 g/mol. The van der Waals surface area contributed by atoms with E-state index in [9.17, 15) is 63.0 Å². The Kier molecular flexibility index (Phi) is 12.5. The van der Waals surface area contributed by atoms with E-state index in [2.05, 4.69) is 9.97 Å². The van der Waals surface area contributed by atoms with Crippen molar-refractivity contribution in [2.75, 3.05) is 19.8 Å². The van der Waals surface area contributed by atoms with Gasteiger partial charge in [-0.25, -0.2) is 23.5 Å². The number of aromatic nitrogens is 6. The quantitative estimate of drug-likeness (QED) is 0.0728. The zero-order chi connectivity index (χ0) is 41.6. The Bertz CT molecular complexity index is 2420. The van der Waals surface area contributed by atoms with E-state index in [4.69, 9.17) is 32.3 Å². The number of ether oxygens (including phenoxy) is 3. The van der Waals surface area contributed by atoms with Gasteiger partial charge >= 0.3 is 32.7 Å². The minimum Gasteiger partial charge on any atom is -0.394 e. The lowest BCUT2D eigenvalue weighted by Crippen LogP contribution is -2.38. The summed E-state index contributed by atoms with van der Waals surface area (Å²) in [5.41, 5.74) is -4.64. The minimum atomic E-state index is -5.29. The van der Waals surface area contributed by atoms with Gasteiger partial charge in [0.05, 0.1) is 25.9 Å². The molecule has 8 N–H and O–H groups in total. The molecule has 57 heavy (non-hydrogen) atoms. The van der Waals surface area contributed by atoms with E-state index in [-0.39, 0.29) is 17.5 Å². The topological polar surface area (TPSA) is 364 Å². The maximum absolute atomic E-state index is 13.2. The summed E-state index contributed by atoms with van der Waals surface area (Å²) < 4.78 is 66.7. The number of hydrogen-bond donors (Lipinski definition) is 8. The highest BCUT2D eigenvalue weighted by atomic mass is 31.2. The molecule has 3 saturated heterocycles.